The molecular formula is C5H6N2O2. The number of hydrogen-bond acceptors (Lipinski definition) is 3. The van der Waals surface area contributed by atoms with Crippen molar-refractivity contribution in [2.24, 2.45) is 0 Å². The average Bonchev–Trinajstić information content (AvgIpc) is 2.13. The van der Waals surface area contributed by atoms with Gasteiger partial charge in [-0.05, 0) is 0 Å². The Bertz CT molecular complexity index is 229. The summed E-state index contributed by atoms with van der Waals surface area (Å²) < 4.78 is 0.697. The number of aromatic nitrogens is 2. The second-order valence-electron chi connectivity index (χ2n) is 1.65. The number of imidazole rings is 1. The summed E-state index contributed by atoms with van der Waals surface area (Å²) in [4.78, 5) is 14.1. The number of ketones is 1. The van der Waals surface area contributed by atoms with Gasteiger partial charge in [-0.25, -0.2) is 4.98 Å². The number of carbonyl (C=O) groups excluding carboxylic acids is 1. The quantitative estimate of drug-likeness (QED) is 0.435. The molecule has 1 aromatic rings. The fourth-order valence-corrected chi connectivity index (χ4v) is 0.549. The number of nitrogens with zero attached hydrogens (tertiary/aromatic N) is 2. The molecule has 0 saturated heterocycles. The molecule has 0 aliphatic rings. The predicted molar refractivity (Wildman–Crippen MR) is 29.4 cm³/mol. The molecule has 0 spiro atoms. The molecule has 0 unspecified atom stereocenters. The fraction of sp³-hybridized carbons (Fsp3) is 0.200. The van der Waals surface area contributed by atoms with Gasteiger partial charge in [-0.3, -0.25) is 4.79 Å². The maximum Gasteiger partial charge on any atom is 0.211 e. The fourth-order valence-electron chi connectivity index (χ4n) is 0.549. The molecule has 0 aromatic carbocycles. The van der Waals surface area contributed by atoms with Crippen molar-refractivity contribution >= 4 is 5.78 Å². The molecule has 0 fully saturated rings. The molecule has 1 aromatic heterocycles. The highest BCUT2D eigenvalue weighted by Gasteiger charge is 2.04. The Morgan fingerprint density at radius 3 is 2.78 bits per heavy atom. The summed E-state index contributed by atoms with van der Waals surface area (Å²) in [7, 11) is 0. The molecule has 1 heterocycles. The van der Waals surface area contributed by atoms with Crippen molar-refractivity contribution in [3.05, 3.63) is 18.2 Å². The molecule has 0 aliphatic carbocycles. The van der Waals surface area contributed by atoms with Crippen LogP contribution in [0.1, 0.15) is 17.5 Å². The smallest absolute Gasteiger partial charge is 0.211 e. The Labute approximate surface area is 51.7 Å². The zero-order chi connectivity index (χ0) is 6.85. The van der Waals surface area contributed by atoms with E-state index in [4.69, 9.17) is 5.21 Å². The van der Waals surface area contributed by atoms with Crippen LogP contribution in [-0.4, -0.2) is 20.7 Å². The van der Waals surface area contributed by atoms with E-state index >= 15 is 0 Å². The van der Waals surface area contributed by atoms with E-state index in [-0.39, 0.29) is 11.6 Å². The molecule has 0 saturated carbocycles. The molecule has 0 atom stereocenters. The maximum absolute atomic E-state index is 10.5. The minimum atomic E-state index is -0.248. The van der Waals surface area contributed by atoms with Crippen molar-refractivity contribution in [1.29, 1.82) is 0 Å². The number of Topliss-reactive ketones (excluding diaryl/α,β-unsaturated/α-hetero) is 1. The third-order valence-corrected chi connectivity index (χ3v) is 0.937. The van der Waals surface area contributed by atoms with Crippen molar-refractivity contribution in [1.82, 2.24) is 9.71 Å². The van der Waals surface area contributed by atoms with Crippen LogP contribution in [0.15, 0.2) is 12.4 Å². The molecule has 0 aliphatic heterocycles. The molecule has 0 radical (unpaired) electrons. The summed E-state index contributed by atoms with van der Waals surface area (Å²) in [6.45, 7) is 1.34. The van der Waals surface area contributed by atoms with Gasteiger partial charge in [0.15, 0.2) is 5.78 Å². The molecule has 1 N–H and O–H groups in total. The Morgan fingerprint density at radius 2 is 2.56 bits per heavy atom. The molecule has 48 valence electrons. The summed E-state index contributed by atoms with van der Waals surface area (Å²) in [5.41, 5.74) is 0. The average molecular weight is 126 g/mol. The minimum Gasteiger partial charge on any atom is -0.427 e. The van der Waals surface area contributed by atoms with Gasteiger partial charge in [-0.2, -0.15) is 4.73 Å². The second-order valence-corrected chi connectivity index (χ2v) is 1.65. The zero-order valence-electron chi connectivity index (χ0n) is 4.90. The Kier molecular flexibility index (Phi) is 1.22. The van der Waals surface area contributed by atoms with Crippen molar-refractivity contribution in [3.8, 4) is 0 Å². The number of carbonyl (C=O) groups is 1. The molecule has 4 heteroatoms. The zero-order valence-corrected chi connectivity index (χ0v) is 4.90. The highest BCUT2D eigenvalue weighted by molar-refractivity contribution is 5.90. The first-order valence-corrected chi connectivity index (χ1v) is 2.45. The van der Waals surface area contributed by atoms with Crippen molar-refractivity contribution < 1.29 is 10.0 Å². The van der Waals surface area contributed by atoms with E-state index in [1.807, 2.05) is 0 Å². The van der Waals surface area contributed by atoms with E-state index in [0.29, 0.717) is 4.73 Å². The van der Waals surface area contributed by atoms with E-state index in [2.05, 4.69) is 4.98 Å². The van der Waals surface area contributed by atoms with Gasteiger partial charge in [0.05, 0.1) is 6.20 Å². The van der Waals surface area contributed by atoms with E-state index in [0.717, 1.165) is 0 Å². The van der Waals surface area contributed by atoms with Crippen LogP contribution in [0.3, 0.4) is 0 Å². The van der Waals surface area contributed by atoms with Gasteiger partial charge in [0.25, 0.3) is 0 Å². The second kappa shape index (κ2) is 1.89. The third-order valence-electron chi connectivity index (χ3n) is 0.937. The first kappa shape index (κ1) is 5.81. The molecule has 4 nitrogen and oxygen atoms in total. The lowest BCUT2D eigenvalue weighted by molar-refractivity contribution is 0.0955. The molecule has 1 rings (SSSR count). The van der Waals surface area contributed by atoms with Gasteiger partial charge in [0, 0.05) is 13.1 Å². The summed E-state index contributed by atoms with van der Waals surface area (Å²) in [6.07, 6.45) is 2.66. The summed E-state index contributed by atoms with van der Waals surface area (Å²) in [6, 6.07) is 0. The van der Waals surface area contributed by atoms with E-state index in [1.165, 1.54) is 19.3 Å². The van der Waals surface area contributed by atoms with Crippen molar-refractivity contribution in [2.75, 3.05) is 0 Å². The van der Waals surface area contributed by atoms with Gasteiger partial charge in [0.2, 0.25) is 5.82 Å². The first-order valence-electron chi connectivity index (χ1n) is 2.45. The summed E-state index contributed by atoms with van der Waals surface area (Å²) in [5, 5.41) is 8.75. The molecule has 0 bridgehead atoms. The van der Waals surface area contributed by atoms with Gasteiger partial charge in [0.1, 0.15) is 0 Å². The normalized spacial score (nSPS) is 9.44. The SMILES string of the molecule is CC(=O)c1nccn1O. The van der Waals surface area contributed by atoms with Crippen molar-refractivity contribution in [2.45, 2.75) is 6.92 Å². The highest BCUT2D eigenvalue weighted by Crippen LogP contribution is 1.92. The lowest BCUT2D eigenvalue weighted by atomic mass is 10.4. The van der Waals surface area contributed by atoms with Crippen LogP contribution < -0.4 is 0 Å². The van der Waals surface area contributed by atoms with E-state index in [9.17, 15) is 4.79 Å². The maximum atomic E-state index is 10.5. The van der Waals surface area contributed by atoms with Crippen molar-refractivity contribution in [3.63, 3.8) is 0 Å². The first-order chi connectivity index (χ1) is 4.22. The van der Waals surface area contributed by atoms with Crippen LogP contribution in [0.2, 0.25) is 0 Å². The van der Waals surface area contributed by atoms with Gasteiger partial charge in [-0.1, -0.05) is 0 Å². The van der Waals surface area contributed by atoms with Crippen LogP contribution in [0.4, 0.5) is 0 Å². The number of rotatable bonds is 1. The summed E-state index contributed by atoms with van der Waals surface area (Å²) in [5.74, 6) is -0.183. The standard InChI is InChI=1S/C5H6N2O2/c1-4(8)5-6-2-3-7(5)9/h2-3,9H,1H3. The Morgan fingerprint density at radius 1 is 1.89 bits per heavy atom. The topological polar surface area (TPSA) is 55.1 Å². The monoisotopic (exact) mass is 126 g/mol. The highest BCUT2D eigenvalue weighted by atomic mass is 16.5. The largest absolute Gasteiger partial charge is 0.427 e. The van der Waals surface area contributed by atoms with Gasteiger partial charge >= 0.3 is 0 Å². The van der Waals surface area contributed by atoms with Crippen LogP contribution in [-0.2, 0) is 0 Å². The van der Waals surface area contributed by atoms with Crippen LogP contribution >= 0.6 is 0 Å². The minimum absolute atomic E-state index is 0.0648. The third kappa shape index (κ3) is 0.910. The Balaban J connectivity index is 3.08. The van der Waals surface area contributed by atoms with E-state index < -0.39 is 0 Å². The van der Waals surface area contributed by atoms with Crippen LogP contribution in [0, 0.1) is 0 Å². The van der Waals surface area contributed by atoms with E-state index in [1.54, 1.807) is 0 Å². The van der Waals surface area contributed by atoms with Crippen LogP contribution in [0.5, 0.6) is 0 Å². The number of hydrogen-bond donors (Lipinski definition) is 1. The Hall–Kier alpha value is -1.32. The van der Waals surface area contributed by atoms with Gasteiger partial charge in [-0.15, -0.1) is 0 Å². The lowest BCUT2D eigenvalue weighted by Crippen LogP contribution is -2.02. The molecule has 0 amide bonds. The molecular weight excluding hydrogens is 120 g/mol. The van der Waals surface area contributed by atoms with Crippen LogP contribution in [0.25, 0.3) is 0 Å². The lowest BCUT2D eigenvalue weighted by Gasteiger charge is -1.90. The molecule has 9 heavy (non-hydrogen) atoms. The predicted octanol–water partition coefficient (Wildman–Crippen LogP) is 0.323. The summed E-state index contributed by atoms with van der Waals surface area (Å²) >= 11 is 0. The van der Waals surface area contributed by atoms with Gasteiger partial charge < -0.3 is 5.21 Å².